The summed E-state index contributed by atoms with van der Waals surface area (Å²) in [6.45, 7) is 14.4. The summed E-state index contributed by atoms with van der Waals surface area (Å²) in [5.74, 6) is 0.363. The summed E-state index contributed by atoms with van der Waals surface area (Å²) in [4.78, 5) is 0. The van der Waals surface area contributed by atoms with Crippen LogP contribution in [-0.2, 0) is 4.43 Å². The van der Waals surface area contributed by atoms with Crippen LogP contribution in [0.2, 0.25) is 5.04 Å². The monoisotopic (exact) mass is 420 g/mol. The molecule has 0 radical (unpaired) electrons. The number of benzene rings is 2. The predicted octanol–water partition coefficient (Wildman–Crippen LogP) is 6.89. The number of hydrogen-bond acceptors (Lipinski definition) is 1. The molecule has 30 heavy (non-hydrogen) atoms. The van der Waals surface area contributed by atoms with Gasteiger partial charge >= 0.3 is 0 Å². The summed E-state index contributed by atoms with van der Waals surface area (Å²) in [6, 6.07) is 21.8. The molecule has 2 rings (SSSR count). The molecule has 0 saturated heterocycles. The fourth-order valence-corrected chi connectivity index (χ4v) is 8.83. The summed E-state index contributed by atoms with van der Waals surface area (Å²) in [7, 11) is -2.45. The molecule has 2 aromatic carbocycles. The van der Waals surface area contributed by atoms with Crippen molar-refractivity contribution in [2.75, 3.05) is 6.61 Å². The third kappa shape index (κ3) is 6.30. The second-order valence-electron chi connectivity index (χ2n) is 9.41. The van der Waals surface area contributed by atoms with Gasteiger partial charge < -0.3 is 4.43 Å². The van der Waals surface area contributed by atoms with Crippen LogP contribution in [0.3, 0.4) is 0 Å². The number of unbranched alkanes of at least 4 members (excludes halogenated alkanes) is 2. The highest BCUT2D eigenvalue weighted by Crippen LogP contribution is 2.37. The van der Waals surface area contributed by atoms with E-state index in [2.05, 4.69) is 120 Å². The lowest BCUT2D eigenvalue weighted by Crippen LogP contribution is -2.66. The van der Waals surface area contributed by atoms with Crippen molar-refractivity contribution in [3.63, 3.8) is 0 Å². The predicted molar refractivity (Wildman–Crippen MR) is 135 cm³/mol. The van der Waals surface area contributed by atoms with Gasteiger partial charge in [0.1, 0.15) is 0 Å². The zero-order chi connectivity index (χ0) is 22.0. The fraction of sp³-hybridized carbons (Fsp3) is 0.429. The third-order valence-electron chi connectivity index (χ3n) is 5.63. The maximum Gasteiger partial charge on any atom is 0.261 e. The van der Waals surface area contributed by atoms with Crippen LogP contribution in [0.5, 0.6) is 0 Å². The first kappa shape index (κ1) is 24.4. The molecule has 0 unspecified atom stereocenters. The summed E-state index contributed by atoms with van der Waals surface area (Å²) in [5, 5.41) is 2.71. The highest BCUT2D eigenvalue weighted by molar-refractivity contribution is 6.99. The van der Waals surface area contributed by atoms with Crippen LogP contribution in [-0.4, -0.2) is 14.9 Å². The summed E-state index contributed by atoms with van der Waals surface area (Å²) in [6.07, 6.45) is 10.6. The molecular weight excluding hydrogens is 380 g/mol. The molecule has 2 aromatic rings. The van der Waals surface area contributed by atoms with E-state index in [-0.39, 0.29) is 5.04 Å². The first-order chi connectivity index (χ1) is 14.3. The Morgan fingerprint density at radius 1 is 0.967 bits per heavy atom. The molecule has 0 amide bonds. The largest absolute Gasteiger partial charge is 0.407 e. The lowest BCUT2D eigenvalue weighted by molar-refractivity contribution is 0.267. The van der Waals surface area contributed by atoms with Crippen LogP contribution >= 0.6 is 0 Å². The van der Waals surface area contributed by atoms with Gasteiger partial charge in [0.05, 0.1) is 0 Å². The lowest BCUT2D eigenvalue weighted by Gasteiger charge is -2.43. The molecule has 0 heterocycles. The summed E-state index contributed by atoms with van der Waals surface area (Å²) < 4.78 is 7.04. The van der Waals surface area contributed by atoms with Gasteiger partial charge in [0.15, 0.2) is 0 Å². The average molecular weight is 421 g/mol. The van der Waals surface area contributed by atoms with Gasteiger partial charge in [0.2, 0.25) is 0 Å². The van der Waals surface area contributed by atoms with Crippen LogP contribution in [0.15, 0.2) is 84.5 Å². The quantitative estimate of drug-likeness (QED) is 0.231. The van der Waals surface area contributed by atoms with Crippen molar-refractivity contribution in [3.8, 4) is 0 Å². The molecule has 0 N–H and O–H groups in total. The molecule has 0 aliphatic rings. The topological polar surface area (TPSA) is 9.23 Å². The average Bonchev–Trinajstić information content (AvgIpc) is 2.72. The van der Waals surface area contributed by atoms with Gasteiger partial charge in [0.25, 0.3) is 8.32 Å². The van der Waals surface area contributed by atoms with E-state index in [1.165, 1.54) is 28.8 Å². The SMILES string of the molecule is CCCC/C=C/C(C)=C\[C@H](C)CO[Si](c1ccccc1)(c1ccccc1)C(C)(C)C. The summed E-state index contributed by atoms with van der Waals surface area (Å²) in [5.41, 5.74) is 1.32. The van der Waals surface area contributed by atoms with Crippen LogP contribution < -0.4 is 10.4 Å². The van der Waals surface area contributed by atoms with E-state index in [1.54, 1.807) is 0 Å². The number of allylic oxidation sites excluding steroid dienone is 3. The molecule has 0 bridgehead atoms. The second kappa shape index (κ2) is 11.5. The molecule has 0 aromatic heterocycles. The van der Waals surface area contributed by atoms with Crippen molar-refractivity contribution in [2.24, 2.45) is 5.92 Å². The van der Waals surface area contributed by atoms with Crippen molar-refractivity contribution < 1.29 is 4.43 Å². The summed E-state index contributed by atoms with van der Waals surface area (Å²) >= 11 is 0. The Bertz CT molecular complexity index is 760. The molecule has 0 fully saturated rings. The van der Waals surface area contributed by atoms with Crippen LogP contribution in [0.4, 0.5) is 0 Å². The van der Waals surface area contributed by atoms with Gasteiger partial charge in [-0.15, -0.1) is 0 Å². The molecule has 1 atom stereocenters. The van der Waals surface area contributed by atoms with Crippen LogP contribution in [0.1, 0.15) is 60.8 Å². The standard InChI is InChI=1S/C28H40OSi/c1-7-8-9-12-17-24(2)22-25(3)23-29-30(28(4,5)6,26-18-13-10-14-19-26)27-20-15-11-16-21-27/h10-22,25H,7-9,23H2,1-6H3/b17-12+,24-22-/t25-/m0/s1. The van der Waals surface area contributed by atoms with Gasteiger partial charge in [-0.3, -0.25) is 0 Å². The zero-order valence-corrected chi connectivity index (χ0v) is 20.8. The Hall–Kier alpha value is -1.90. The van der Waals surface area contributed by atoms with E-state index in [1.807, 2.05) is 0 Å². The van der Waals surface area contributed by atoms with Gasteiger partial charge in [-0.1, -0.05) is 132 Å². The van der Waals surface area contributed by atoms with Gasteiger partial charge in [-0.05, 0) is 34.7 Å². The third-order valence-corrected chi connectivity index (χ3v) is 10.6. The molecule has 0 aliphatic carbocycles. The van der Waals surface area contributed by atoms with Gasteiger partial charge in [-0.2, -0.15) is 0 Å². The maximum absolute atomic E-state index is 7.04. The van der Waals surface area contributed by atoms with E-state index in [0.29, 0.717) is 5.92 Å². The fourth-order valence-electron chi connectivity index (χ4n) is 4.16. The number of rotatable bonds is 10. The van der Waals surface area contributed by atoms with Crippen molar-refractivity contribution in [1.29, 1.82) is 0 Å². The van der Waals surface area contributed by atoms with E-state index >= 15 is 0 Å². The van der Waals surface area contributed by atoms with Gasteiger partial charge in [0, 0.05) is 6.61 Å². The van der Waals surface area contributed by atoms with Crippen LogP contribution in [0.25, 0.3) is 0 Å². The van der Waals surface area contributed by atoms with Crippen molar-refractivity contribution >= 4 is 18.7 Å². The van der Waals surface area contributed by atoms with Crippen molar-refractivity contribution in [2.45, 2.75) is 65.8 Å². The molecule has 0 saturated carbocycles. The normalized spacial score (nSPS) is 14.3. The minimum absolute atomic E-state index is 0.0221. The second-order valence-corrected chi connectivity index (χ2v) is 13.7. The molecule has 162 valence electrons. The van der Waals surface area contributed by atoms with Gasteiger partial charge in [-0.25, -0.2) is 0 Å². The van der Waals surface area contributed by atoms with Crippen LogP contribution in [0, 0.1) is 5.92 Å². The minimum Gasteiger partial charge on any atom is -0.407 e. The highest BCUT2D eigenvalue weighted by atomic mass is 28.4. The molecule has 0 aliphatic heterocycles. The smallest absolute Gasteiger partial charge is 0.261 e. The van der Waals surface area contributed by atoms with E-state index in [9.17, 15) is 0 Å². The van der Waals surface area contributed by atoms with Crippen molar-refractivity contribution in [3.05, 3.63) is 84.5 Å². The Morgan fingerprint density at radius 3 is 1.97 bits per heavy atom. The number of hydrogen-bond donors (Lipinski definition) is 0. The van der Waals surface area contributed by atoms with E-state index in [0.717, 1.165) is 13.0 Å². The van der Waals surface area contributed by atoms with E-state index < -0.39 is 8.32 Å². The first-order valence-corrected chi connectivity index (χ1v) is 13.3. The maximum atomic E-state index is 7.04. The van der Waals surface area contributed by atoms with E-state index in [4.69, 9.17) is 4.43 Å². The first-order valence-electron chi connectivity index (χ1n) is 11.4. The molecule has 2 heteroatoms. The highest BCUT2D eigenvalue weighted by Gasteiger charge is 2.50. The Kier molecular flexibility index (Phi) is 9.32. The Morgan fingerprint density at radius 2 is 1.50 bits per heavy atom. The Labute approximate surface area is 186 Å². The molecular formula is C28H40OSi. The minimum atomic E-state index is -2.45. The Balaban J connectivity index is 2.32. The molecule has 1 nitrogen and oxygen atoms in total. The zero-order valence-electron chi connectivity index (χ0n) is 19.8. The van der Waals surface area contributed by atoms with Crippen molar-refractivity contribution in [1.82, 2.24) is 0 Å². The lowest BCUT2D eigenvalue weighted by atomic mass is 10.1. The molecule has 0 spiro atoms.